The van der Waals surface area contributed by atoms with Crippen molar-refractivity contribution in [1.29, 1.82) is 0 Å². The van der Waals surface area contributed by atoms with Gasteiger partial charge in [-0.05, 0) is 42.8 Å². The number of aromatic nitrogens is 3. The summed E-state index contributed by atoms with van der Waals surface area (Å²) in [5.41, 5.74) is 3.23. The number of nitrogens with zero attached hydrogens (tertiary/aromatic N) is 3. The highest BCUT2D eigenvalue weighted by Gasteiger charge is 2.07. The first-order valence-corrected chi connectivity index (χ1v) is 8.93. The molecule has 0 atom stereocenters. The lowest BCUT2D eigenvalue weighted by atomic mass is 10.2. The predicted octanol–water partition coefficient (Wildman–Crippen LogP) is 3.03. The SMILES string of the molecule is CC(=O)Nc1ccc(Nc2cc(-c3ccncc3)nc(NCCCO)n2)cc1. The van der Waals surface area contributed by atoms with Crippen LogP contribution < -0.4 is 16.0 Å². The molecule has 0 aliphatic carbocycles. The van der Waals surface area contributed by atoms with Gasteiger partial charge in [0.15, 0.2) is 0 Å². The zero-order valence-electron chi connectivity index (χ0n) is 15.5. The van der Waals surface area contributed by atoms with Gasteiger partial charge in [-0.1, -0.05) is 0 Å². The fraction of sp³-hybridized carbons (Fsp3) is 0.200. The van der Waals surface area contributed by atoms with Gasteiger partial charge in [0.05, 0.1) is 5.69 Å². The largest absolute Gasteiger partial charge is 0.396 e. The van der Waals surface area contributed by atoms with Crippen LogP contribution in [0.5, 0.6) is 0 Å². The number of hydrogen-bond acceptors (Lipinski definition) is 7. The fourth-order valence-corrected chi connectivity index (χ4v) is 2.53. The summed E-state index contributed by atoms with van der Waals surface area (Å²) < 4.78 is 0. The Morgan fingerprint density at radius 1 is 1.04 bits per heavy atom. The lowest BCUT2D eigenvalue weighted by Gasteiger charge is -2.12. The molecular formula is C20H22N6O2. The monoisotopic (exact) mass is 378 g/mol. The number of nitrogens with one attached hydrogen (secondary N) is 3. The molecule has 2 aromatic heterocycles. The van der Waals surface area contributed by atoms with Crippen LogP contribution in [0.2, 0.25) is 0 Å². The Balaban J connectivity index is 1.84. The summed E-state index contributed by atoms with van der Waals surface area (Å²) in [7, 11) is 0. The van der Waals surface area contributed by atoms with E-state index in [2.05, 4.69) is 30.9 Å². The number of aliphatic hydroxyl groups is 1. The van der Waals surface area contributed by atoms with E-state index in [1.807, 2.05) is 42.5 Å². The van der Waals surface area contributed by atoms with Gasteiger partial charge in [-0.2, -0.15) is 4.98 Å². The molecule has 0 saturated carbocycles. The van der Waals surface area contributed by atoms with Gasteiger partial charge >= 0.3 is 0 Å². The Labute approximate surface area is 163 Å². The van der Waals surface area contributed by atoms with Crippen LogP contribution in [-0.4, -0.2) is 39.1 Å². The maximum Gasteiger partial charge on any atom is 0.225 e. The first kappa shape index (κ1) is 19.2. The number of rotatable bonds is 8. The minimum atomic E-state index is -0.114. The molecule has 4 N–H and O–H groups in total. The summed E-state index contributed by atoms with van der Waals surface area (Å²) in [6.07, 6.45) is 4.03. The van der Waals surface area contributed by atoms with E-state index in [0.717, 1.165) is 22.6 Å². The topological polar surface area (TPSA) is 112 Å². The van der Waals surface area contributed by atoms with Crippen molar-refractivity contribution in [1.82, 2.24) is 15.0 Å². The van der Waals surface area contributed by atoms with E-state index in [1.165, 1.54) is 6.92 Å². The van der Waals surface area contributed by atoms with Gasteiger partial charge in [0.25, 0.3) is 0 Å². The van der Waals surface area contributed by atoms with Crippen LogP contribution in [-0.2, 0) is 4.79 Å². The number of aliphatic hydroxyl groups excluding tert-OH is 1. The molecule has 144 valence electrons. The number of amides is 1. The molecule has 8 nitrogen and oxygen atoms in total. The van der Waals surface area contributed by atoms with Crippen molar-refractivity contribution in [3.8, 4) is 11.3 Å². The smallest absolute Gasteiger partial charge is 0.225 e. The quantitative estimate of drug-likeness (QED) is 0.446. The predicted molar refractivity (Wildman–Crippen MR) is 109 cm³/mol. The van der Waals surface area contributed by atoms with E-state index >= 15 is 0 Å². The molecule has 0 saturated heterocycles. The summed E-state index contributed by atoms with van der Waals surface area (Å²) in [6.45, 7) is 2.14. The summed E-state index contributed by atoms with van der Waals surface area (Å²) in [5, 5.41) is 18.1. The second kappa shape index (κ2) is 9.43. The maximum atomic E-state index is 11.1. The Bertz CT molecular complexity index is 916. The summed E-state index contributed by atoms with van der Waals surface area (Å²) in [5.74, 6) is 0.984. The number of anilines is 4. The molecule has 1 aromatic carbocycles. The second-order valence-electron chi connectivity index (χ2n) is 6.09. The number of carbonyl (C=O) groups is 1. The Kier molecular flexibility index (Phi) is 6.48. The van der Waals surface area contributed by atoms with Crippen LogP contribution in [0.3, 0.4) is 0 Å². The summed E-state index contributed by atoms with van der Waals surface area (Å²) in [4.78, 5) is 24.2. The van der Waals surface area contributed by atoms with Gasteiger partial charge in [-0.25, -0.2) is 4.98 Å². The molecule has 28 heavy (non-hydrogen) atoms. The maximum absolute atomic E-state index is 11.1. The molecule has 0 unspecified atom stereocenters. The third-order valence-corrected chi connectivity index (χ3v) is 3.80. The lowest BCUT2D eigenvalue weighted by molar-refractivity contribution is -0.114. The van der Waals surface area contributed by atoms with Crippen LogP contribution >= 0.6 is 0 Å². The van der Waals surface area contributed by atoms with Crippen LogP contribution in [0.15, 0.2) is 54.9 Å². The van der Waals surface area contributed by atoms with Crippen molar-refractivity contribution in [3.05, 3.63) is 54.9 Å². The Morgan fingerprint density at radius 2 is 1.75 bits per heavy atom. The molecule has 0 bridgehead atoms. The highest BCUT2D eigenvalue weighted by molar-refractivity contribution is 5.88. The van der Waals surface area contributed by atoms with Crippen molar-refractivity contribution in [3.63, 3.8) is 0 Å². The van der Waals surface area contributed by atoms with Gasteiger partial charge in [0.2, 0.25) is 11.9 Å². The molecule has 0 spiro atoms. The van der Waals surface area contributed by atoms with Gasteiger partial charge in [0, 0.05) is 55.5 Å². The summed E-state index contributed by atoms with van der Waals surface area (Å²) in [6, 6.07) is 13.0. The van der Waals surface area contributed by atoms with Crippen LogP contribution in [0.25, 0.3) is 11.3 Å². The molecular weight excluding hydrogens is 356 g/mol. The van der Waals surface area contributed by atoms with E-state index in [1.54, 1.807) is 12.4 Å². The number of hydrogen-bond donors (Lipinski definition) is 4. The van der Waals surface area contributed by atoms with Crippen LogP contribution in [0.4, 0.5) is 23.1 Å². The minimum absolute atomic E-state index is 0.1000. The van der Waals surface area contributed by atoms with Crippen molar-refractivity contribution in [2.75, 3.05) is 29.1 Å². The molecule has 3 aromatic rings. The standard InChI is InChI=1S/C20H22N6O2/c1-14(28)23-16-3-5-17(6-4-16)24-19-13-18(15-7-10-21-11-8-15)25-20(26-19)22-9-2-12-27/h3-8,10-11,13,27H,2,9,12H2,1H3,(H,23,28)(H2,22,24,25,26). The average Bonchev–Trinajstić information content (AvgIpc) is 2.70. The number of benzene rings is 1. The Hall–Kier alpha value is -3.52. The van der Waals surface area contributed by atoms with E-state index in [9.17, 15) is 4.79 Å². The molecule has 3 rings (SSSR count). The zero-order valence-corrected chi connectivity index (χ0v) is 15.5. The fourth-order valence-electron chi connectivity index (χ4n) is 2.53. The zero-order chi connectivity index (χ0) is 19.8. The van der Waals surface area contributed by atoms with Crippen molar-refractivity contribution in [2.24, 2.45) is 0 Å². The van der Waals surface area contributed by atoms with Crippen molar-refractivity contribution < 1.29 is 9.90 Å². The van der Waals surface area contributed by atoms with Gasteiger partial charge < -0.3 is 21.1 Å². The third-order valence-electron chi connectivity index (χ3n) is 3.80. The van der Waals surface area contributed by atoms with Crippen LogP contribution in [0, 0.1) is 0 Å². The molecule has 8 heteroatoms. The molecule has 1 amide bonds. The summed E-state index contributed by atoms with van der Waals surface area (Å²) >= 11 is 0. The van der Waals surface area contributed by atoms with E-state index in [4.69, 9.17) is 5.11 Å². The second-order valence-corrected chi connectivity index (χ2v) is 6.09. The normalized spacial score (nSPS) is 10.4. The lowest BCUT2D eigenvalue weighted by Crippen LogP contribution is -2.09. The van der Waals surface area contributed by atoms with Gasteiger partial charge in [-0.15, -0.1) is 0 Å². The molecule has 0 aliphatic heterocycles. The van der Waals surface area contributed by atoms with Gasteiger partial charge in [0.1, 0.15) is 5.82 Å². The van der Waals surface area contributed by atoms with E-state index in [0.29, 0.717) is 24.7 Å². The first-order chi connectivity index (χ1) is 13.6. The highest BCUT2D eigenvalue weighted by atomic mass is 16.3. The first-order valence-electron chi connectivity index (χ1n) is 8.93. The number of carbonyl (C=O) groups excluding carboxylic acids is 1. The van der Waals surface area contributed by atoms with Crippen molar-refractivity contribution in [2.45, 2.75) is 13.3 Å². The third kappa shape index (κ3) is 5.49. The molecule has 2 heterocycles. The Morgan fingerprint density at radius 3 is 2.43 bits per heavy atom. The minimum Gasteiger partial charge on any atom is -0.396 e. The molecule has 0 radical (unpaired) electrons. The van der Waals surface area contributed by atoms with Crippen molar-refractivity contribution >= 4 is 29.0 Å². The van der Waals surface area contributed by atoms with E-state index in [-0.39, 0.29) is 12.5 Å². The molecule has 0 aliphatic rings. The average molecular weight is 378 g/mol. The number of pyridine rings is 1. The van der Waals surface area contributed by atoms with Crippen LogP contribution in [0.1, 0.15) is 13.3 Å². The van der Waals surface area contributed by atoms with E-state index < -0.39 is 0 Å². The highest BCUT2D eigenvalue weighted by Crippen LogP contribution is 2.24. The van der Waals surface area contributed by atoms with Gasteiger partial charge in [-0.3, -0.25) is 9.78 Å². The molecule has 0 fully saturated rings.